The summed E-state index contributed by atoms with van der Waals surface area (Å²) in [6.07, 6.45) is 3.02. The summed E-state index contributed by atoms with van der Waals surface area (Å²) in [4.78, 5) is 0. The van der Waals surface area contributed by atoms with E-state index in [0.717, 1.165) is 32.5 Å². The Hall–Kier alpha value is -0.900. The fraction of sp³-hybridized carbons (Fsp3) is 0.571. The van der Waals surface area contributed by atoms with E-state index in [1.807, 2.05) is 0 Å². The van der Waals surface area contributed by atoms with E-state index < -0.39 is 0 Å². The van der Waals surface area contributed by atoms with Gasteiger partial charge in [-0.2, -0.15) is 0 Å². The molecule has 0 saturated heterocycles. The molecule has 17 heavy (non-hydrogen) atoms. The van der Waals surface area contributed by atoms with Crippen LogP contribution in [0.15, 0.2) is 24.3 Å². The van der Waals surface area contributed by atoms with Gasteiger partial charge in [0.2, 0.25) is 0 Å². The van der Waals surface area contributed by atoms with Gasteiger partial charge in [0, 0.05) is 19.3 Å². The molecule has 0 spiro atoms. The van der Waals surface area contributed by atoms with E-state index in [0.29, 0.717) is 0 Å². The molecule has 1 aromatic rings. The monoisotopic (exact) mass is 236 g/mol. The van der Waals surface area contributed by atoms with Crippen molar-refractivity contribution >= 4 is 0 Å². The quantitative estimate of drug-likeness (QED) is 0.414. The molecule has 0 aromatic heterocycles. The predicted molar refractivity (Wildman–Crippen MR) is 71.6 cm³/mol. The summed E-state index contributed by atoms with van der Waals surface area (Å²) in [6.45, 7) is 5.85. The van der Waals surface area contributed by atoms with Crippen molar-refractivity contribution < 1.29 is 4.74 Å². The largest absolute Gasteiger partial charge is 0.381 e. The third-order valence-electron chi connectivity index (χ3n) is 2.86. The van der Waals surface area contributed by atoms with E-state index in [1.54, 1.807) is 0 Å². The van der Waals surface area contributed by atoms with Crippen LogP contribution in [0.25, 0.3) is 0 Å². The average Bonchev–Trinajstić information content (AvgIpc) is 2.39. The highest BCUT2D eigenvalue weighted by molar-refractivity contribution is 5.25. The van der Waals surface area contributed by atoms with Gasteiger partial charge in [0.25, 0.3) is 0 Å². The van der Waals surface area contributed by atoms with Crippen LogP contribution in [-0.2, 0) is 11.2 Å². The SMILES string of the molecule is CCCOCCC(NN)c1cccc(CC)c1. The zero-order valence-electron chi connectivity index (χ0n) is 10.9. The number of hydrogen-bond donors (Lipinski definition) is 2. The Morgan fingerprint density at radius 3 is 2.76 bits per heavy atom. The normalized spacial score (nSPS) is 12.6. The van der Waals surface area contributed by atoms with Gasteiger partial charge in [-0.3, -0.25) is 11.3 Å². The number of rotatable bonds is 8. The third kappa shape index (κ3) is 4.86. The zero-order chi connectivity index (χ0) is 12.5. The maximum absolute atomic E-state index is 5.61. The molecule has 1 aromatic carbocycles. The van der Waals surface area contributed by atoms with E-state index in [2.05, 4.69) is 43.5 Å². The third-order valence-corrected chi connectivity index (χ3v) is 2.86. The van der Waals surface area contributed by atoms with E-state index in [4.69, 9.17) is 10.6 Å². The molecule has 0 amide bonds. The van der Waals surface area contributed by atoms with Crippen molar-refractivity contribution in [3.63, 3.8) is 0 Å². The van der Waals surface area contributed by atoms with Crippen molar-refractivity contribution in [2.24, 2.45) is 5.84 Å². The van der Waals surface area contributed by atoms with E-state index in [9.17, 15) is 0 Å². The lowest BCUT2D eigenvalue weighted by Gasteiger charge is -2.17. The minimum atomic E-state index is 0.179. The highest BCUT2D eigenvalue weighted by atomic mass is 16.5. The Kier molecular flexibility index (Phi) is 6.86. The first-order chi connectivity index (χ1) is 8.31. The molecule has 1 unspecified atom stereocenters. The molecule has 0 aliphatic heterocycles. The topological polar surface area (TPSA) is 47.3 Å². The molecule has 1 atom stereocenters. The summed E-state index contributed by atoms with van der Waals surface area (Å²) in [6, 6.07) is 8.74. The Balaban J connectivity index is 2.53. The second-order valence-corrected chi connectivity index (χ2v) is 4.22. The smallest absolute Gasteiger partial charge is 0.0484 e. The minimum absolute atomic E-state index is 0.179. The first-order valence-electron chi connectivity index (χ1n) is 6.44. The van der Waals surface area contributed by atoms with Gasteiger partial charge >= 0.3 is 0 Å². The predicted octanol–water partition coefficient (Wildman–Crippen LogP) is 2.57. The van der Waals surface area contributed by atoms with Gasteiger partial charge in [-0.1, -0.05) is 38.1 Å². The van der Waals surface area contributed by atoms with E-state index >= 15 is 0 Å². The second kappa shape index (κ2) is 8.23. The lowest BCUT2D eigenvalue weighted by Crippen LogP contribution is -2.29. The van der Waals surface area contributed by atoms with Crippen LogP contribution in [-0.4, -0.2) is 13.2 Å². The van der Waals surface area contributed by atoms with Crippen molar-refractivity contribution in [3.8, 4) is 0 Å². The second-order valence-electron chi connectivity index (χ2n) is 4.22. The summed E-state index contributed by atoms with van der Waals surface area (Å²) >= 11 is 0. The van der Waals surface area contributed by atoms with Gasteiger partial charge in [-0.15, -0.1) is 0 Å². The van der Waals surface area contributed by atoms with E-state index in [-0.39, 0.29) is 6.04 Å². The summed E-state index contributed by atoms with van der Waals surface area (Å²) < 4.78 is 5.50. The molecule has 96 valence electrons. The van der Waals surface area contributed by atoms with Gasteiger partial charge < -0.3 is 4.74 Å². The molecule has 0 saturated carbocycles. The Morgan fingerprint density at radius 2 is 2.12 bits per heavy atom. The first-order valence-corrected chi connectivity index (χ1v) is 6.44. The number of hydrazine groups is 1. The van der Waals surface area contributed by atoms with Crippen LogP contribution in [0.5, 0.6) is 0 Å². The summed E-state index contributed by atoms with van der Waals surface area (Å²) in [5.74, 6) is 5.61. The molecule has 0 aliphatic rings. The van der Waals surface area contributed by atoms with Crippen molar-refractivity contribution in [1.82, 2.24) is 5.43 Å². The minimum Gasteiger partial charge on any atom is -0.381 e. The molecule has 0 radical (unpaired) electrons. The van der Waals surface area contributed by atoms with Gasteiger partial charge in [0.15, 0.2) is 0 Å². The molecule has 0 aliphatic carbocycles. The fourth-order valence-electron chi connectivity index (χ4n) is 1.82. The molecule has 0 fully saturated rings. The summed E-state index contributed by atoms with van der Waals surface area (Å²) in [5.41, 5.74) is 5.45. The highest BCUT2D eigenvalue weighted by Gasteiger charge is 2.09. The molecule has 0 heterocycles. The lowest BCUT2D eigenvalue weighted by atomic mass is 10.0. The van der Waals surface area contributed by atoms with Crippen LogP contribution in [0.4, 0.5) is 0 Å². The number of nitrogens with one attached hydrogen (secondary N) is 1. The number of aryl methyl sites for hydroxylation is 1. The van der Waals surface area contributed by atoms with Gasteiger partial charge in [0.1, 0.15) is 0 Å². The number of hydrogen-bond acceptors (Lipinski definition) is 3. The molecular formula is C14H24N2O. The maximum Gasteiger partial charge on any atom is 0.0484 e. The van der Waals surface area contributed by atoms with Crippen LogP contribution in [0.1, 0.15) is 43.9 Å². The van der Waals surface area contributed by atoms with Crippen LogP contribution < -0.4 is 11.3 Å². The van der Waals surface area contributed by atoms with Crippen LogP contribution in [0.2, 0.25) is 0 Å². The van der Waals surface area contributed by atoms with Crippen LogP contribution >= 0.6 is 0 Å². The fourth-order valence-corrected chi connectivity index (χ4v) is 1.82. The van der Waals surface area contributed by atoms with E-state index in [1.165, 1.54) is 11.1 Å². The Bertz CT molecular complexity index is 315. The van der Waals surface area contributed by atoms with Crippen LogP contribution in [0, 0.1) is 0 Å². The first kappa shape index (κ1) is 14.2. The molecule has 3 nitrogen and oxygen atoms in total. The van der Waals surface area contributed by atoms with Gasteiger partial charge in [0.05, 0.1) is 0 Å². The van der Waals surface area contributed by atoms with Crippen molar-refractivity contribution in [1.29, 1.82) is 0 Å². The van der Waals surface area contributed by atoms with Crippen LogP contribution in [0.3, 0.4) is 0 Å². The standard InChI is InChI=1S/C14H24N2O/c1-3-9-17-10-8-14(16-15)13-7-5-6-12(4-2)11-13/h5-7,11,14,16H,3-4,8-10,15H2,1-2H3. The maximum atomic E-state index is 5.61. The van der Waals surface area contributed by atoms with Gasteiger partial charge in [-0.25, -0.2) is 0 Å². The number of nitrogens with two attached hydrogens (primary N) is 1. The number of ether oxygens (including phenoxy) is 1. The Morgan fingerprint density at radius 1 is 1.29 bits per heavy atom. The summed E-state index contributed by atoms with van der Waals surface area (Å²) in [5, 5.41) is 0. The highest BCUT2D eigenvalue weighted by Crippen LogP contribution is 2.17. The summed E-state index contributed by atoms with van der Waals surface area (Å²) in [7, 11) is 0. The molecule has 3 N–H and O–H groups in total. The van der Waals surface area contributed by atoms with Gasteiger partial charge in [-0.05, 0) is 30.4 Å². The molecule has 3 heteroatoms. The average molecular weight is 236 g/mol. The Labute approximate surface area is 104 Å². The van der Waals surface area contributed by atoms with Crippen molar-refractivity contribution in [2.75, 3.05) is 13.2 Å². The van der Waals surface area contributed by atoms with Crippen molar-refractivity contribution in [2.45, 2.75) is 39.2 Å². The lowest BCUT2D eigenvalue weighted by molar-refractivity contribution is 0.124. The zero-order valence-corrected chi connectivity index (χ0v) is 10.9. The molecule has 0 bridgehead atoms. The number of benzene rings is 1. The molecular weight excluding hydrogens is 212 g/mol. The van der Waals surface area contributed by atoms with Crippen molar-refractivity contribution in [3.05, 3.63) is 35.4 Å². The molecule has 1 rings (SSSR count).